The fourth-order valence-electron chi connectivity index (χ4n) is 1.81. The Kier molecular flexibility index (Phi) is 4.84. The van der Waals surface area contributed by atoms with Gasteiger partial charge in [-0.15, -0.1) is 11.3 Å². The van der Waals surface area contributed by atoms with E-state index in [2.05, 4.69) is 37.9 Å². The Morgan fingerprint density at radius 1 is 1.33 bits per heavy atom. The van der Waals surface area contributed by atoms with Crippen LogP contribution in [0.3, 0.4) is 0 Å². The third-order valence-electron chi connectivity index (χ3n) is 2.66. The van der Waals surface area contributed by atoms with Crippen LogP contribution in [0.2, 0.25) is 0 Å². The second kappa shape index (κ2) is 6.19. The standard InChI is InChI=1S/C13H13Br2NOS/c1-17-12-3-2-9(14)6-8(12)7-11(16)13-10(15)4-5-18-13/h2-6,11H,7,16H2,1H3. The van der Waals surface area contributed by atoms with Gasteiger partial charge in [0.05, 0.1) is 7.11 Å². The molecular formula is C13H13Br2NOS. The summed E-state index contributed by atoms with van der Waals surface area (Å²) in [5, 5.41) is 2.04. The largest absolute Gasteiger partial charge is 0.496 e. The van der Waals surface area contributed by atoms with Gasteiger partial charge in [-0.25, -0.2) is 0 Å². The van der Waals surface area contributed by atoms with E-state index in [-0.39, 0.29) is 6.04 Å². The molecular weight excluding hydrogens is 378 g/mol. The molecule has 0 radical (unpaired) electrons. The molecule has 2 N–H and O–H groups in total. The molecule has 5 heteroatoms. The number of benzene rings is 1. The highest BCUT2D eigenvalue weighted by atomic mass is 79.9. The summed E-state index contributed by atoms with van der Waals surface area (Å²) in [6, 6.07) is 7.98. The van der Waals surface area contributed by atoms with Crippen LogP contribution in [0.15, 0.2) is 38.6 Å². The van der Waals surface area contributed by atoms with Crippen molar-refractivity contribution in [1.82, 2.24) is 0 Å². The van der Waals surface area contributed by atoms with Crippen molar-refractivity contribution in [2.45, 2.75) is 12.5 Å². The predicted molar refractivity (Wildman–Crippen MR) is 83.3 cm³/mol. The minimum Gasteiger partial charge on any atom is -0.496 e. The van der Waals surface area contributed by atoms with Crippen LogP contribution in [0.25, 0.3) is 0 Å². The average molecular weight is 391 g/mol. The number of nitrogens with two attached hydrogens (primary N) is 1. The van der Waals surface area contributed by atoms with Crippen LogP contribution in [0.1, 0.15) is 16.5 Å². The molecule has 1 atom stereocenters. The lowest BCUT2D eigenvalue weighted by Crippen LogP contribution is -2.13. The highest BCUT2D eigenvalue weighted by Gasteiger charge is 2.14. The molecule has 2 aromatic rings. The molecule has 0 saturated carbocycles. The maximum Gasteiger partial charge on any atom is 0.122 e. The van der Waals surface area contributed by atoms with Gasteiger partial charge in [0.2, 0.25) is 0 Å². The fourth-order valence-corrected chi connectivity index (χ4v) is 3.89. The van der Waals surface area contributed by atoms with Gasteiger partial charge in [0.15, 0.2) is 0 Å². The number of rotatable bonds is 4. The zero-order valence-electron chi connectivity index (χ0n) is 9.82. The van der Waals surface area contributed by atoms with Gasteiger partial charge < -0.3 is 10.5 Å². The van der Waals surface area contributed by atoms with Gasteiger partial charge >= 0.3 is 0 Å². The summed E-state index contributed by atoms with van der Waals surface area (Å²) in [6.45, 7) is 0. The quantitative estimate of drug-likeness (QED) is 0.832. The van der Waals surface area contributed by atoms with Gasteiger partial charge in [-0.05, 0) is 57.6 Å². The van der Waals surface area contributed by atoms with E-state index in [1.54, 1.807) is 18.4 Å². The molecule has 0 aliphatic carbocycles. The number of hydrogen-bond donors (Lipinski definition) is 1. The normalized spacial score (nSPS) is 12.4. The van der Waals surface area contributed by atoms with Gasteiger partial charge in [-0.2, -0.15) is 0 Å². The first-order valence-electron chi connectivity index (χ1n) is 5.42. The van der Waals surface area contributed by atoms with Gasteiger partial charge in [0, 0.05) is 19.9 Å². The summed E-state index contributed by atoms with van der Waals surface area (Å²) in [7, 11) is 1.68. The predicted octanol–water partition coefficient (Wildman–Crippen LogP) is 4.52. The Bertz CT molecular complexity index is 542. The second-order valence-corrected chi connectivity index (χ2v) is 6.62. The van der Waals surface area contributed by atoms with Crippen LogP contribution in [0.5, 0.6) is 5.75 Å². The summed E-state index contributed by atoms with van der Waals surface area (Å²) >= 11 is 8.67. The van der Waals surface area contributed by atoms with Crippen molar-refractivity contribution < 1.29 is 4.74 Å². The van der Waals surface area contributed by atoms with Crippen LogP contribution in [-0.4, -0.2) is 7.11 Å². The monoisotopic (exact) mass is 389 g/mol. The van der Waals surface area contributed by atoms with Crippen molar-refractivity contribution in [1.29, 1.82) is 0 Å². The Balaban J connectivity index is 2.23. The number of hydrogen-bond acceptors (Lipinski definition) is 3. The lowest BCUT2D eigenvalue weighted by atomic mass is 10.0. The molecule has 18 heavy (non-hydrogen) atoms. The van der Waals surface area contributed by atoms with E-state index >= 15 is 0 Å². The molecule has 0 amide bonds. The van der Waals surface area contributed by atoms with E-state index in [0.29, 0.717) is 0 Å². The molecule has 0 aliphatic rings. The Morgan fingerprint density at radius 2 is 2.11 bits per heavy atom. The number of thiophene rings is 1. The maximum absolute atomic E-state index is 6.26. The summed E-state index contributed by atoms with van der Waals surface area (Å²) in [5.74, 6) is 0.876. The minimum atomic E-state index is -0.0254. The van der Waals surface area contributed by atoms with Crippen LogP contribution >= 0.6 is 43.2 Å². The number of methoxy groups -OCH3 is 1. The number of ether oxygens (including phenoxy) is 1. The van der Waals surface area contributed by atoms with E-state index in [1.165, 1.54) is 0 Å². The summed E-state index contributed by atoms with van der Waals surface area (Å²) in [4.78, 5) is 1.16. The first-order valence-corrected chi connectivity index (χ1v) is 7.89. The average Bonchev–Trinajstić information content (AvgIpc) is 2.76. The van der Waals surface area contributed by atoms with Crippen molar-refractivity contribution in [2.75, 3.05) is 7.11 Å². The van der Waals surface area contributed by atoms with E-state index in [4.69, 9.17) is 10.5 Å². The first kappa shape index (κ1) is 14.1. The van der Waals surface area contributed by atoms with Gasteiger partial charge in [-0.3, -0.25) is 0 Å². The van der Waals surface area contributed by atoms with E-state index < -0.39 is 0 Å². The summed E-state index contributed by atoms with van der Waals surface area (Å²) in [5.41, 5.74) is 7.37. The highest BCUT2D eigenvalue weighted by molar-refractivity contribution is 9.10. The van der Waals surface area contributed by atoms with Crippen molar-refractivity contribution in [2.24, 2.45) is 5.73 Å². The molecule has 0 saturated heterocycles. The Hall–Kier alpha value is -0.360. The van der Waals surface area contributed by atoms with Gasteiger partial charge in [0.1, 0.15) is 5.75 Å². The van der Waals surface area contributed by atoms with Gasteiger partial charge in [-0.1, -0.05) is 15.9 Å². The van der Waals surface area contributed by atoms with E-state index in [9.17, 15) is 0 Å². The molecule has 1 aromatic heterocycles. The SMILES string of the molecule is COc1ccc(Br)cc1CC(N)c1sccc1Br. The van der Waals surface area contributed by atoms with Crippen molar-refractivity contribution >= 4 is 43.2 Å². The third-order valence-corrected chi connectivity index (χ3v) is 5.16. The van der Waals surface area contributed by atoms with Crippen LogP contribution in [-0.2, 0) is 6.42 Å². The zero-order valence-corrected chi connectivity index (χ0v) is 13.8. The van der Waals surface area contributed by atoms with Crippen LogP contribution in [0.4, 0.5) is 0 Å². The lowest BCUT2D eigenvalue weighted by Gasteiger charge is -2.14. The molecule has 1 unspecified atom stereocenters. The molecule has 0 fully saturated rings. The molecule has 0 bridgehead atoms. The van der Waals surface area contributed by atoms with Crippen LogP contribution < -0.4 is 10.5 Å². The summed E-state index contributed by atoms with van der Waals surface area (Å²) in [6.07, 6.45) is 0.752. The van der Waals surface area contributed by atoms with E-state index in [0.717, 1.165) is 31.6 Å². The first-order chi connectivity index (χ1) is 8.61. The lowest BCUT2D eigenvalue weighted by molar-refractivity contribution is 0.408. The zero-order chi connectivity index (χ0) is 13.1. The third kappa shape index (κ3) is 3.15. The fraction of sp³-hybridized carbons (Fsp3) is 0.231. The van der Waals surface area contributed by atoms with Gasteiger partial charge in [0.25, 0.3) is 0 Å². The topological polar surface area (TPSA) is 35.2 Å². The van der Waals surface area contributed by atoms with Crippen molar-refractivity contribution in [3.63, 3.8) is 0 Å². The Morgan fingerprint density at radius 3 is 2.72 bits per heavy atom. The van der Waals surface area contributed by atoms with E-state index in [1.807, 2.05) is 23.6 Å². The molecule has 2 rings (SSSR count). The maximum atomic E-state index is 6.26. The van der Waals surface area contributed by atoms with Crippen LogP contribution in [0, 0.1) is 0 Å². The molecule has 0 aliphatic heterocycles. The summed E-state index contributed by atoms with van der Waals surface area (Å²) < 4.78 is 7.48. The molecule has 1 heterocycles. The number of halogens is 2. The molecule has 2 nitrogen and oxygen atoms in total. The highest BCUT2D eigenvalue weighted by Crippen LogP contribution is 2.32. The second-order valence-electron chi connectivity index (χ2n) is 3.90. The van der Waals surface area contributed by atoms with Crippen molar-refractivity contribution in [3.05, 3.63) is 49.0 Å². The molecule has 0 spiro atoms. The molecule has 1 aromatic carbocycles. The smallest absolute Gasteiger partial charge is 0.122 e. The minimum absolute atomic E-state index is 0.0254. The Labute approximate surface area is 127 Å². The molecule has 96 valence electrons. The van der Waals surface area contributed by atoms with Crippen molar-refractivity contribution in [3.8, 4) is 5.75 Å².